The predicted molar refractivity (Wildman–Crippen MR) is 74.7 cm³/mol. The number of hydrogen-bond acceptors (Lipinski definition) is 4. The molecule has 0 fully saturated rings. The summed E-state index contributed by atoms with van der Waals surface area (Å²) in [5, 5.41) is 19.0. The molecule has 0 saturated carbocycles. The highest BCUT2D eigenvalue weighted by Gasteiger charge is 2.18. The van der Waals surface area contributed by atoms with Crippen LogP contribution in [0.1, 0.15) is 0 Å². The molecule has 0 unspecified atom stereocenters. The van der Waals surface area contributed by atoms with Crippen LogP contribution in [0.3, 0.4) is 0 Å². The van der Waals surface area contributed by atoms with Crippen molar-refractivity contribution in [2.45, 2.75) is 0 Å². The number of thiophene rings is 1. The van der Waals surface area contributed by atoms with Crippen molar-refractivity contribution in [3.8, 4) is 0 Å². The summed E-state index contributed by atoms with van der Waals surface area (Å²) in [4.78, 5) is 10.9. The molecule has 0 amide bonds. The zero-order chi connectivity index (χ0) is 13.0. The van der Waals surface area contributed by atoms with Crippen LogP contribution in [-0.4, -0.2) is 14.5 Å². The van der Waals surface area contributed by atoms with Gasteiger partial charge in [-0.25, -0.2) is 4.52 Å². The first-order valence-corrected chi connectivity index (χ1v) is 6.55. The van der Waals surface area contributed by atoms with Gasteiger partial charge in [0.15, 0.2) is 0 Å². The minimum absolute atomic E-state index is 0.123. The van der Waals surface area contributed by atoms with E-state index in [-0.39, 0.29) is 10.6 Å². The van der Waals surface area contributed by atoms with Crippen molar-refractivity contribution in [1.29, 1.82) is 0 Å². The fourth-order valence-corrected chi connectivity index (χ4v) is 3.42. The fourth-order valence-electron chi connectivity index (χ4n) is 2.50. The van der Waals surface area contributed by atoms with Gasteiger partial charge in [-0.15, -0.1) is 11.3 Å². The Hall–Kier alpha value is -2.47. The first-order valence-electron chi connectivity index (χ1n) is 5.67. The van der Waals surface area contributed by atoms with Crippen LogP contribution in [0, 0.1) is 10.1 Å². The van der Waals surface area contributed by atoms with E-state index in [1.54, 1.807) is 28.1 Å². The first kappa shape index (κ1) is 10.5. The Bertz CT molecular complexity index is 954. The van der Waals surface area contributed by atoms with E-state index in [9.17, 15) is 10.1 Å². The number of nitrogens with zero attached hydrogens (tertiary/aromatic N) is 3. The number of non-ortho nitro benzene ring substituents is 1. The number of rotatable bonds is 1. The molecule has 0 aliphatic carbocycles. The quantitative estimate of drug-likeness (QED) is 0.392. The van der Waals surface area contributed by atoms with Gasteiger partial charge in [0.1, 0.15) is 0 Å². The second-order valence-electron chi connectivity index (χ2n) is 4.22. The standard InChI is InChI=1S/C13H7N3O2S/c17-16(18)10-3-1-2-9-12(10)8-5-7-19-13(8)11-4-6-14-15(9)11/h1-7H. The molecule has 4 aromatic rings. The lowest BCUT2D eigenvalue weighted by atomic mass is 10.1. The maximum atomic E-state index is 11.2. The van der Waals surface area contributed by atoms with Crippen LogP contribution < -0.4 is 0 Å². The van der Waals surface area contributed by atoms with Gasteiger partial charge in [0, 0.05) is 11.5 Å². The van der Waals surface area contributed by atoms with Gasteiger partial charge in [-0.05, 0) is 23.6 Å². The highest BCUT2D eigenvalue weighted by Crippen LogP contribution is 2.37. The van der Waals surface area contributed by atoms with E-state index in [1.807, 2.05) is 23.6 Å². The third-order valence-corrected chi connectivity index (χ3v) is 4.19. The average Bonchev–Trinajstić information content (AvgIpc) is 3.06. The molecular formula is C13H7N3O2S. The maximum absolute atomic E-state index is 11.2. The number of fused-ring (bicyclic) bond motifs is 6. The summed E-state index contributed by atoms with van der Waals surface area (Å²) in [5.41, 5.74) is 1.87. The van der Waals surface area contributed by atoms with Crippen molar-refractivity contribution in [2.75, 3.05) is 0 Å². The van der Waals surface area contributed by atoms with Gasteiger partial charge in [-0.3, -0.25) is 10.1 Å². The van der Waals surface area contributed by atoms with Crippen LogP contribution in [0.4, 0.5) is 5.69 Å². The largest absolute Gasteiger partial charge is 0.279 e. The molecule has 5 nitrogen and oxygen atoms in total. The van der Waals surface area contributed by atoms with E-state index in [1.165, 1.54) is 6.07 Å². The Morgan fingerprint density at radius 1 is 1.21 bits per heavy atom. The molecule has 6 heteroatoms. The van der Waals surface area contributed by atoms with Crippen LogP contribution in [-0.2, 0) is 0 Å². The maximum Gasteiger partial charge on any atom is 0.279 e. The van der Waals surface area contributed by atoms with Crippen molar-refractivity contribution >= 4 is 43.5 Å². The molecule has 0 saturated heterocycles. The van der Waals surface area contributed by atoms with Crippen LogP contribution in [0.5, 0.6) is 0 Å². The third-order valence-electron chi connectivity index (χ3n) is 3.26. The Morgan fingerprint density at radius 3 is 2.95 bits per heavy atom. The second-order valence-corrected chi connectivity index (χ2v) is 5.14. The lowest BCUT2D eigenvalue weighted by Crippen LogP contribution is -1.95. The molecule has 0 spiro atoms. The number of hydrogen-bond donors (Lipinski definition) is 0. The predicted octanol–water partition coefficient (Wildman–Crippen LogP) is 3.61. The number of pyridine rings is 1. The Labute approximate surface area is 110 Å². The summed E-state index contributed by atoms with van der Waals surface area (Å²) in [6.07, 6.45) is 1.72. The SMILES string of the molecule is O=[N+]([O-])c1cccc2c1c1ccsc1c1ccnn12. The van der Waals surface area contributed by atoms with Crippen LogP contribution in [0.2, 0.25) is 0 Å². The third kappa shape index (κ3) is 1.26. The molecule has 3 aromatic heterocycles. The zero-order valence-electron chi connectivity index (χ0n) is 9.61. The summed E-state index contributed by atoms with van der Waals surface area (Å²) in [5.74, 6) is 0. The lowest BCUT2D eigenvalue weighted by Gasteiger charge is -2.05. The minimum Gasteiger partial charge on any atom is -0.258 e. The second kappa shape index (κ2) is 3.52. The van der Waals surface area contributed by atoms with Crippen LogP contribution >= 0.6 is 11.3 Å². The molecule has 0 bridgehead atoms. The molecule has 0 aliphatic rings. The van der Waals surface area contributed by atoms with Crippen molar-refractivity contribution < 1.29 is 4.92 Å². The molecular weight excluding hydrogens is 262 g/mol. The van der Waals surface area contributed by atoms with Crippen molar-refractivity contribution in [2.24, 2.45) is 0 Å². The van der Waals surface area contributed by atoms with E-state index in [0.717, 1.165) is 21.1 Å². The van der Waals surface area contributed by atoms with E-state index in [2.05, 4.69) is 5.10 Å². The molecule has 92 valence electrons. The summed E-state index contributed by atoms with van der Waals surface area (Å²) < 4.78 is 2.79. The molecule has 0 atom stereocenters. The van der Waals surface area contributed by atoms with E-state index >= 15 is 0 Å². The number of aromatic nitrogens is 2. The van der Waals surface area contributed by atoms with Crippen molar-refractivity contribution in [3.05, 3.63) is 52.0 Å². The molecule has 1 aromatic carbocycles. The van der Waals surface area contributed by atoms with Gasteiger partial charge in [-0.1, -0.05) is 6.07 Å². The molecule has 4 rings (SSSR count). The Balaban J connectivity index is 2.43. The first-order chi connectivity index (χ1) is 9.27. The number of nitro benzene ring substituents is 1. The van der Waals surface area contributed by atoms with E-state index in [4.69, 9.17) is 0 Å². The number of nitro groups is 1. The summed E-state index contributed by atoms with van der Waals surface area (Å²) in [6, 6.07) is 8.95. The van der Waals surface area contributed by atoms with Crippen LogP contribution in [0.25, 0.3) is 26.5 Å². The van der Waals surface area contributed by atoms with Gasteiger partial charge >= 0.3 is 0 Å². The van der Waals surface area contributed by atoms with Gasteiger partial charge in [-0.2, -0.15) is 5.10 Å². The smallest absolute Gasteiger partial charge is 0.258 e. The average molecular weight is 269 g/mol. The molecule has 3 heterocycles. The van der Waals surface area contributed by atoms with E-state index in [0.29, 0.717) is 5.39 Å². The molecule has 0 N–H and O–H groups in total. The van der Waals surface area contributed by atoms with Crippen molar-refractivity contribution in [3.63, 3.8) is 0 Å². The van der Waals surface area contributed by atoms with Gasteiger partial charge in [0.25, 0.3) is 5.69 Å². The zero-order valence-corrected chi connectivity index (χ0v) is 10.4. The highest BCUT2D eigenvalue weighted by molar-refractivity contribution is 7.18. The summed E-state index contributed by atoms with van der Waals surface area (Å²) in [7, 11) is 0. The monoisotopic (exact) mass is 269 g/mol. The Morgan fingerprint density at radius 2 is 2.11 bits per heavy atom. The minimum atomic E-state index is -0.339. The Kier molecular flexibility index (Phi) is 1.94. The highest BCUT2D eigenvalue weighted by atomic mass is 32.1. The normalized spacial score (nSPS) is 11.6. The molecule has 0 radical (unpaired) electrons. The summed E-state index contributed by atoms with van der Waals surface area (Å²) in [6.45, 7) is 0. The molecule has 19 heavy (non-hydrogen) atoms. The van der Waals surface area contributed by atoms with E-state index < -0.39 is 0 Å². The fraction of sp³-hybridized carbons (Fsp3) is 0. The van der Waals surface area contributed by atoms with Gasteiger partial charge in [0.05, 0.1) is 32.2 Å². The molecule has 0 aliphatic heterocycles. The summed E-state index contributed by atoms with van der Waals surface area (Å²) >= 11 is 1.57. The van der Waals surface area contributed by atoms with Crippen molar-refractivity contribution in [1.82, 2.24) is 9.61 Å². The topological polar surface area (TPSA) is 60.4 Å². The number of benzene rings is 1. The van der Waals surface area contributed by atoms with Gasteiger partial charge in [0.2, 0.25) is 0 Å². The lowest BCUT2D eigenvalue weighted by molar-refractivity contribution is -0.383. The van der Waals surface area contributed by atoms with Crippen LogP contribution in [0.15, 0.2) is 41.9 Å². The van der Waals surface area contributed by atoms with Gasteiger partial charge < -0.3 is 0 Å².